The van der Waals surface area contributed by atoms with Gasteiger partial charge in [-0.25, -0.2) is 5.43 Å². The maximum absolute atomic E-state index is 12.4. The summed E-state index contributed by atoms with van der Waals surface area (Å²) in [5.41, 5.74) is 4.60. The number of nitrogens with one attached hydrogen (secondary N) is 2. The molecule has 0 saturated heterocycles. The first-order chi connectivity index (χ1) is 13.8. The van der Waals surface area contributed by atoms with Crippen LogP contribution in [0.4, 0.5) is 5.69 Å². The largest absolute Gasteiger partial charge is 0.507 e. The minimum atomic E-state index is -0.545. The molecule has 29 heavy (non-hydrogen) atoms. The van der Waals surface area contributed by atoms with Gasteiger partial charge in [0.2, 0.25) is 5.91 Å². The molecule has 0 aromatic heterocycles. The van der Waals surface area contributed by atoms with Gasteiger partial charge in [-0.05, 0) is 60.5 Å². The van der Waals surface area contributed by atoms with E-state index in [4.69, 9.17) is 0 Å². The summed E-state index contributed by atoms with van der Waals surface area (Å²) in [5, 5.41) is 18.6. The normalized spacial score (nSPS) is 11.3. The Morgan fingerprint density at radius 3 is 2.45 bits per heavy atom. The quantitative estimate of drug-likeness (QED) is 0.384. The van der Waals surface area contributed by atoms with Gasteiger partial charge in [0.25, 0.3) is 5.91 Å². The molecule has 0 fully saturated rings. The predicted octanol–water partition coefficient (Wildman–Crippen LogP) is 4.75. The number of phenols is 1. The lowest BCUT2D eigenvalue weighted by molar-refractivity contribution is -0.115. The van der Waals surface area contributed by atoms with Gasteiger partial charge in [0.15, 0.2) is 0 Å². The van der Waals surface area contributed by atoms with Gasteiger partial charge in [0.05, 0.1) is 12.0 Å². The van der Waals surface area contributed by atoms with Crippen LogP contribution in [0.5, 0.6) is 5.75 Å². The molecular formula is C22H20BrN3O3. The van der Waals surface area contributed by atoms with E-state index in [0.29, 0.717) is 5.71 Å². The molecule has 0 aliphatic heterocycles. The Hall–Kier alpha value is -3.19. The van der Waals surface area contributed by atoms with Crippen molar-refractivity contribution < 1.29 is 14.7 Å². The fourth-order valence-electron chi connectivity index (χ4n) is 2.85. The third kappa shape index (κ3) is 5.20. The smallest absolute Gasteiger partial charge is 0.275 e. The molecule has 0 atom stereocenters. The van der Waals surface area contributed by atoms with Crippen LogP contribution in [0.15, 0.2) is 64.2 Å². The van der Waals surface area contributed by atoms with E-state index in [9.17, 15) is 14.7 Å². The molecule has 7 heteroatoms. The van der Waals surface area contributed by atoms with Crippen LogP contribution in [0, 0.1) is 6.92 Å². The number of benzene rings is 3. The van der Waals surface area contributed by atoms with E-state index in [1.54, 1.807) is 13.0 Å². The Balaban J connectivity index is 1.64. The molecule has 0 heterocycles. The van der Waals surface area contributed by atoms with Gasteiger partial charge in [0, 0.05) is 15.9 Å². The second-order valence-electron chi connectivity index (χ2n) is 6.69. The molecular weight excluding hydrogens is 434 g/mol. The first kappa shape index (κ1) is 20.5. The second-order valence-corrected chi connectivity index (χ2v) is 7.60. The number of carbonyl (C=O) groups is 2. The van der Waals surface area contributed by atoms with Crippen molar-refractivity contribution in [3.05, 3.63) is 70.2 Å². The minimum absolute atomic E-state index is 0.0273. The lowest BCUT2D eigenvalue weighted by Gasteiger charge is -2.09. The van der Waals surface area contributed by atoms with Crippen LogP contribution in [0.25, 0.3) is 10.8 Å². The summed E-state index contributed by atoms with van der Waals surface area (Å²) >= 11 is 3.38. The Bertz CT molecular complexity index is 1130. The predicted molar refractivity (Wildman–Crippen MR) is 118 cm³/mol. The van der Waals surface area contributed by atoms with Crippen molar-refractivity contribution in [2.45, 2.75) is 20.3 Å². The molecule has 3 N–H and O–H groups in total. The van der Waals surface area contributed by atoms with Gasteiger partial charge >= 0.3 is 0 Å². The number of hydrogen-bond donors (Lipinski definition) is 3. The Kier molecular flexibility index (Phi) is 6.29. The number of carbonyl (C=O) groups excluding carboxylic acids is 2. The lowest BCUT2D eigenvalue weighted by Crippen LogP contribution is -2.21. The zero-order valence-corrected chi connectivity index (χ0v) is 17.6. The summed E-state index contributed by atoms with van der Waals surface area (Å²) in [6.45, 7) is 3.55. The van der Waals surface area contributed by atoms with Gasteiger partial charge in [-0.3, -0.25) is 9.59 Å². The molecule has 148 valence electrons. The number of phenolic OH excluding ortho intramolecular Hbond substituents is 1. The molecule has 3 aromatic carbocycles. The number of amides is 2. The zero-order chi connectivity index (χ0) is 21.0. The number of hydrogen-bond acceptors (Lipinski definition) is 4. The maximum atomic E-state index is 12.4. The van der Waals surface area contributed by atoms with Crippen LogP contribution in [-0.2, 0) is 4.79 Å². The molecule has 0 aliphatic carbocycles. The lowest BCUT2D eigenvalue weighted by atomic mass is 10.1. The number of halogens is 1. The van der Waals surface area contributed by atoms with E-state index in [1.807, 2.05) is 49.4 Å². The van der Waals surface area contributed by atoms with Crippen molar-refractivity contribution in [3.8, 4) is 5.75 Å². The fourth-order valence-corrected chi connectivity index (χ4v) is 3.33. The van der Waals surface area contributed by atoms with Crippen molar-refractivity contribution in [3.63, 3.8) is 0 Å². The number of aryl methyl sites for hydroxylation is 1. The Morgan fingerprint density at radius 1 is 1.07 bits per heavy atom. The van der Waals surface area contributed by atoms with Crippen LogP contribution >= 0.6 is 15.9 Å². The van der Waals surface area contributed by atoms with Gasteiger partial charge in [-0.15, -0.1) is 0 Å². The summed E-state index contributed by atoms with van der Waals surface area (Å²) in [4.78, 5) is 24.6. The van der Waals surface area contributed by atoms with Gasteiger partial charge < -0.3 is 10.4 Å². The van der Waals surface area contributed by atoms with E-state index in [2.05, 4.69) is 31.8 Å². The summed E-state index contributed by atoms with van der Waals surface area (Å²) in [6, 6.07) is 16.1. The first-order valence-corrected chi connectivity index (χ1v) is 9.74. The number of rotatable bonds is 5. The van der Waals surface area contributed by atoms with Gasteiger partial charge in [-0.1, -0.05) is 40.2 Å². The van der Waals surface area contributed by atoms with Crippen molar-refractivity contribution in [2.24, 2.45) is 5.10 Å². The van der Waals surface area contributed by atoms with E-state index < -0.39 is 5.91 Å². The Morgan fingerprint density at radius 2 is 1.76 bits per heavy atom. The third-order valence-electron chi connectivity index (χ3n) is 4.34. The number of fused-ring (bicyclic) bond motifs is 1. The van der Waals surface area contributed by atoms with E-state index in [0.717, 1.165) is 26.5 Å². The van der Waals surface area contributed by atoms with Crippen LogP contribution in [-0.4, -0.2) is 22.6 Å². The topological polar surface area (TPSA) is 90.8 Å². The fraction of sp³-hybridized carbons (Fsp3) is 0.136. The average Bonchev–Trinajstić information content (AvgIpc) is 2.67. The standard InChI is InChI=1S/C22H20BrN3O3/c1-13-9-17(23)7-8-19(13)24-21(28)10-14(2)25-26-22(29)18-11-15-5-3-4-6-16(15)12-20(18)27/h3-9,11-12,27H,10H2,1-2H3,(H,24,28)(H,26,29)/b25-14+. The van der Waals surface area contributed by atoms with Crippen LogP contribution in [0.3, 0.4) is 0 Å². The minimum Gasteiger partial charge on any atom is -0.507 e. The summed E-state index contributed by atoms with van der Waals surface area (Å²) in [6.07, 6.45) is 0.0273. The molecule has 6 nitrogen and oxygen atoms in total. The molecule has 0 aliphatic rings. The van der Waals surface area contributed by atoms with Crippen LogP contribution < -0.4 is 10.7 Å². The number of hydrazone groups is 1. The van der Waals surface area contributed by atoms with Crippen LogP contribution in [0.1, 0.15) is 29.3 Å². The molecule has 0 spiro atoms. The summed E-state index contributed by atoms with van der Waals surface area (Å²) < 4.78 is 0.936. The monoisotopic (exact) mass is 453 g/mol. The summed E-state index contributed by atoms with van der Waals surface area (Å²) in [7, 11) is 0. The number of aromatic hydroxyl groups is 1. The SMILES string of the molecule is C/C(CC(=O)Nc1ccc(Br)cc1C)=N\NC(=O)c1cc2ccccc2cc1O. The number of nitrogens with zero attached hydrogens (tertiary/aromatic N) is 1. The van der Waals surface area contributed by atoms with E-state index >= 15 is 0 Å². The van der Waals surface area contributed by atoms with Crippen LogP contribution in [0.2, 0.25) is 0 Å². The second kappa shape index (κ2) is 8.87. The highest BCUT2D eigenvalue weighted by Gasteiger charge is 2.13. The first-order valence-electron chi connectivity index (χ1n) is 8.95. The highest BCUT2D eigenvalue weighted by Crippen LogP contribution is 2.25. The van der Waals surface area contributed by atoms with Crippen molar-refractivity contribution in [2.75, 3.05) is 5.32 Å². The van der Waals surface area contributed by atoms with Gasteiger partial charge in [-0.2, -0.15) is 5.10 Å². The maximum Gasteiger partial charge on any atom is 0.275 e. The van der Waals surface area contributed by atoms with Crippen molar-refractivity contribution in [1.29, 1.82) is 0 Å². The molecule has 3 aromatic rings. The third-order valence-corrected chi connectivity index (χ3v) is 4.83. The highest BCUT2D eigenvalue weighted by molar-refractivity contribution is 9.10. The molecule has 0 bridgehead atoms. The molecule has 2 amide bonds. The zero-order valence-electron chi connectivity index (χ0n) is 16.0. The molecule has 0 radical (unpaired) electrons. The van der Waals surface area contributed by atoms with E-state index in [-0.39, 0.29) is 23.6 Å². The molecule has 3 rings (SSSR count). The summed E-state index contributed by atoms with van der Waals surface area (Å²) in [5.74, 6) is -0.909. The van der Waals surface area contributed by atoms with E-state index in [1.165, 1.54) is 6.07 Å². The number of anilines is 1. The molecule has 0 unspecified atom stereocenters. The van der Waals surface area contributed by atoms with Crippen molar-refractivity contribution in [1.82, 2.24) is 5.43 Å². The van der Waals surface area contributed by atoms with Gasteiger partial charge in [0.1, 0.15) is 5.75 Å². The van der Waals surface area contributed by atoms with Crippen molar-refractivity contribution >= 4 is 49.9 Å². The Labute approximate surface area is 176 Å². The highest BCUT2D eigenvalue weighted by atomic mass is 79.9. The average molecular weight is 454 g/mol. The molecule has 0 saturated carbocycles.